The number of hydrogen-bond donors (Lipinski definition) is 1. The number of alkyl halides is 3. The summed E-state index contributed by atoms with van der Waals surface area (Å²) in [5, 5.41) is 8.88. The van der Waals surface area contributed by atoms with Gasteiger partial charge in [0.05, 0.1) is 12.2 Å². The van der Waals surface area contributed by atoms with E-state index in [0.29, 0.717) is 15.1 Å². The third kappa shape index (κ3) is 3.07. The number of aliphatic hydroxyl groups is 1. The van der Waals surface area contributed by atoms with Gasteiger partial charge in [0.15, 0.2) is 0 Å². The summed E-state index contributed by atoms with van der Waals surface area (Å²) in [7, 11) is 0. The summed E-state index contributed by atoms with van der Waals surface area (Å²) in [6.07, 6.45) is -4.34. The van der Waals surface area contributed by atoms with Crippen LogP contribution in [0, 0.1) is 9.49 Å². The maximum Gasteiger partial charge on any atom is 0.416 e. The Morgan fingerprint density at radius 3 is 2.47 bits per heavy atom. The molecule has 0 saturated heterocycles. The zero-order valence-corrected chi connectivity index (χ0v) is 10.1. The van der Waals surface area contributed by atoms with Gasteiger partial charge in [0.2, 0.25) is 0 Å². The van der Waals surface area contributed by atoms with Crippen LogP contribution in [0.2, 0.25) is 0 Å². The Morgan fingerprint density at radius 1 is 1.40 bits per heavy atom. The maximum absolute atomic E-state index is 12.4. The highest BCUT2D eigenvalue weighted by atomic mass is 127. The van der Waals surface area contributed by atoms with E-state index in [1.54, 1.807) is 6.92 Å². The Bertz CT molecular complexity index is 349. The van der Waals surface area contributed by atoms with E-state index in [-0.39, 0.29) is 6.61 Å². The Hall–Kier alpha value is -0.300. The molecule has 0 bridgehead atoms. The van der Waals surface area contributed by atoms with E-state index in [2.05, 4.69) is 0 Å². The van der Waals surface area contributed by atoms with Crippen molar-refractivity contribution >= 4 is 22.6 Å². The van der Waals surface area contributed by atoms with Crippen molar-refractivity contribution in [2.45, 2.75) is 13.1 Å². The molecule has 1 aromatic carbocycles. The zero-order chi connectivity index (χ0) is 11.6. The molecule has 0 unspecified atom stereocenters. The van der Waals surface area contributed by atoms with Crippen LogP contribution in [0.15, 0.2) is 18.2 Å². The van der Waals surface area contributed by atoms with Crippen molar-refractivity contribution in [3.63, 3.8) is 0 Å². The number of halogens is 4. The molecule has 0 fully saturated rings. The lowest BCUT2D eigenvalue weighted by Gasteiger charge is -2.13. The monoisotopic (exact) mass is 329 g/mol. The second-order valence-electron chi connectivity index (χ2n) is 3.13. The molecule has 0 atom stereocenters. The summed E-state index contributed by atoms with van der Waals surface area (Å²) in [6, 6.07) is 3.50. The minimum absolute atomic E-state index is 0.239. The van der Waals surface area contributed by atoms with Crippen LogP contribution in [0.5, 0.6) is 0 Å². The molecule has 1 radical (unpaired) electrons. The van der Waals surface area contributed by atoms with Crippen molar-refractivity contribution in [1.29, 1.82) is 0 Å². The molecule has 0 saturated carbocycles. The van der Waals surface area contributed by atoms with E-state index in [1.807, 2.05) is 22.6 Å². The van der Waals surface area contributed by atoms with Gasteiger partial charge in [-0.2, -0.15) is 13.2 Å². The zero-order valence-electron chi connectivity index (χ0n) is 7.90. The highest BCUT2D eigenvalue weighted by molar-refractivity contribution is 14.1. The van der Waals surface area contributed by atoms with Crippen LogP contribution in [0.25, 0.3) is 0 Å². The lowest BCUT2D eigenvalue weighted by atomic mass is 10.00. The van der Waals surface area contributed by atoms with Gasteiger partial charge in [-0.3, -0.25) is 0 Å². The second-order valence-corrected chi connectivity index (χ2v) is 4.29. The van der Waals surface area contributed by atoms with Gasteiger partial charge in [0.1, 0.15) is 0 Å². The number of aliphatic hydroxyl groups excluding tert-OH is 1. The summed E-state index contributed by atoms with van der Waals surface area (Å²) in [4.78, 5) is 0. The maximum atomic E-state index is 12.4. The average molecular weight is 329 g/mol. The van der Waals surface area contributed by atoms with E-state index in [9.17, 15) is 13.2 Å². The molecule has 15 heavy (non-hydrogen) atoms. The van der Waals surface area contributed by atoms with Crippen molar-refractivity contribution in [1.82, 2.24) is 0 Å². The number of hydrogen-bond acceptors (Lipinski definition) is 1. The lowest BCUT2D eigenvalue weighted by molar-refractivity contribution is -0.137. The highest BCUT2D eigenvalue weighted by Gasteiger charge is 2.31. The summed E-state index contributed by atoms with van der Waals surface area (Å²) >= 11 is 1.94. The SMILES string of the molecule is C[C](CO)c1cc(C(F)(F)F)ccc1I. The fraction of sp³-hybridized carbons (Fsp3) is 0.300. The van der Waals surface area contributed by atoms with E-state index < -0.39 is 11.7 Å². The van der Waals surface area contributed by atoms with E-state index in [0.717, 1.165) is 12.1 Å². The Morgan fingerprint density at radius 2 is 2.00 bits per heavy atom. The summed E-state index contributed by atoms with van der Waals surface area (Å²) in [6.45, 7) is 1.37. The largest absolute Gasteiger partial charge is 0.416 e. The van der Waals surface area contributed by atoms with Crippen LogP contribution in [-0.4, -0.2) is 11.7 Å². The van der Waals surface area contributed by atoms with Gasteiger partial charge in [-0.1, -0.05) is 6.92 Å². The second kappa shape index (κ2) is 4.69. The van der Waals surface area contributed by atoms with Crippen molar-refractivity contribution in [3.8, 4) is 0 Å². The number of rotatable bonds is 2. The minimum Gasteiger partial charge on any atom is -0.395 e. The molecule has 0 aliphatic heterocycles. The first-order valence-electron chi connectivity index (χ1n) is 4.16. The highest BCUT2D eigenvalue weighted by Crippen LogP contribution is 2.32. The Balaban J connectivity index is 3.17. The Kier molecular flexibility index (Phi) is 3.99. The van der Waals surface area contributed by atoms with Gasteiger partial charge in [0, 0.05) is 9.49 Å². The van der Waals surface area contributed by atoms with Crippen LogP contribution < -0.4 is 0 Å². The molecule has 1 nitrogen and oxygen atoms in total. The quantitative estimate of drug-likeness (QED) is 0.826. The molecule has 83 valence electrons. The minimum atomic E-state index is -4.34. The molecular formula is C10H9F3IO. The van der Waals surface area contributed by atoms with Crippen molar-refractivity contribution < 1.29 is 18.3 Å². The van der Waals surface area contributed by atoms with Gasteiger partial charge >= 0.3 is 6.18 Å². The lowest BCUT2D eigenvalue weighted by Crippen LogP contribution is -2.09. The molecule has 1 aromatic rings. The first-order valence-corrected chi connectivity index (χ1v) is 5.24. The molecule has 0 amide bonds. The predicted octanol–water partition coefficient (Wildman–Crippen LogP) is 3.24. The summed E-state index contributed by atoms with van der Waals surface area (Å²) in [5.41, 5.74) is -0.237. The third-order valence-electron chi connectivity index (χ3n) is 1.99. The molecule has 1 N–H and O–H groups in total. The van der Waals surface area contributed by atoms with Gasteiger partial charge in [-0.15, -0.1) is 0 Å². The van der Waals surface area contributed by atoms with Crippen LogP contribution in [-0.2, 0) is 6.18 Å². The van der Waals surface area contributed by atoms with E-state index in [4.69, 9.17) is 5.11 Å². The van der Waals surface area contributed by atoms with Crippen LogP contribution in [0.4, 0.5) is 13.2 Å². The molecule has 1 rings (SSSR count). The molecule has 5 heteroatoms. The average Bonchev–Trinajstić information content (AvgIpc) is 2.15. The predicted molar refractivity (Wildman–Crippen MR) is 59.3 cm³/mol. The van der Waals surface area contributed by atoms with Gasteiger partial charge < -0.3 is 5.11 Å². The fourth-order valence-electron chi connectivity index (χ4n) is 1.11. The smallest absolute Gasteiger partial charge is 0.395 e. The molecular weight excluding hydrogens is 320 g/mol. The standard InChI is InChI=1S/C10H9F3IO/c1-6(5-15)8-4-7(10(11,12)13)2-3-9(8)14/h2-4,15H,5H2,1H3. The van der Waals surface area contributed by atoms with Crippen LogP contribution in [0.1, 0.15) is 18.1 Å². The van der Waals surface area contributed by atoms with Crippen molar-refractivity contribution in [2.24, 2.45) is 0 Å². The van der Waals surface area contributed by atoms with E-state index in [1.165, 1.54) is 6.07 Å². The topological polar surface area (TPSA) is 20.2 Å². The van der Waals surface area contributed by atoms with Gasteiger partial charge in [-0.05, 0) is 46.4 Å². The normalized spacial score (nSPS) is 12.2. The number of benzene rings is 1. The molecule has 0 aliphatic carbocycles. The summed E-state index contributed by atoms with van der Waals surface area (Å²) in [5.74, 6) is 0.533. The van der Waals surface area contributed by atoms with Crippen LogP contribution in [0.3, 0.4) is 0 Å². The molecule has 0 spiro atoms. The first-order chi connectivity index (χ1) is 6.86. The summed E-state index contributed by atoms with van der Waals surface area (Å²) < 4.78 is 37.9. The van der Waals surface area contributed by atoms with E-state index >= 15 is 0 Å². The fourth-order valence-corrected chi connectivity index (χ4v) is 1.91. The van der Waals surface area contributed by atoms with Crippen molar-refractivity contribution in [2.75, 3.05) is 6.61 Å². The van der Waals surface area contributed by atoms with Gasteiger partial charge in [-0.25, -0.2) is 0 Å². The molecule has 0 heterocycles. The third-order valence-corrected chi connectivity index (χ3v) is 2.93. The molecule has 0 aliphatic rings. The van der Waals surface area contributed by atoms with Gasteiger partial charge in [0.25, 0.3) is 0 Å². The van der Waals surface area contributed by atoms with Crippen LogP contribution >= 0.6 is 22.6 Å². The van der Waals surface area contributed by atoms with Crippen molar-refractivity contribution in [3.05, 3.63) is 38.8 Å². The first kappa shape index (κ1) is 12.8. The Labute approximate surface area is 99.4 Å². The molecule has 0 aromatic heterocycles.